The van der Waals surface area contributed by atoms with Crippen LogP contribution >= 0.6 is 11.6 Å². The van der Waals surface area contributed by atoms with Crippen LogP contribution in [0.15, 0.2) is 48.5 Å². The van der Waals surface area contributed by atoms with E-state index in [4.69, 9.17) is 21.4 Å². The Labute approximate surface area is 156 Å². The number of nitrogens with one attached hydrogen (secondary N) is 1. The molecule has 0 fully saturated rings. The standard InChI is InChI=1S/C19H19ClN2O4/c20-17-4-2-1-3-15(17)11-26-16-7-5-14(6-8-16)9-10-19(12-21,13-23)22-18(24)25/h1-8,22-23H,9-11,13H2,(H,24,25). The molecule has 1 unspecified atom stereocenters. The van der Waals surface area contributed by atoms with Crippen LogP contribution < -0.4 is 10.1 Å². The van der Waals surface area contributed by atoms with E-state index in [1.165, 1.54) is 0 Å². The molecule has 0 radical (unpaired) electrons. The first-order valence-electron chi connectivity index (χ1n) is 7.96. The average molecular weight is 375 g/mol. The van der Waals surface area contributed by atoms with Crippen molar-refractivity contribution in [2.45, 2.75) is 25.0 Å². The second kappa shape index (κ2) is 9.09. The van der Waals surface area contributed by atoms with E-state index in [1.54, 1.807) is 18.2 Å². The minimum atomic E-state index is -1.51. The summed E-state index contributed by atoms with van der Waals surface area (Å²) >= 11 is 6.09. The predicted octanol–water partition coefficient (Wildman–Crippen LogP) is 3.37. The molecule has 0 spiro atoms. The number of aliphatic hydroxyl groups is 1. The zero-order chi connectivity index (χ0) is 19.0. The van der Waals surface area contributed by atoms with Gasteiger partial charge in [0.25, 0.3) is 0 Å². The van der Waals surface area contributed by atoms with Crippen LogP contribution in [0.5, 0.6) is 5.75 Å². The monoisotopic (exact) mass is 374 g/mol. The quantitative estimate of drug-likeness (QED) is 0.657. The van der Waals surface area contributed by atoms with Crippen molar-refractivity contribution >= 4 is 17.7 Å². The van der Waals surface area contributed by atoms with Gasteiger partial charge in [0.1, 0.15) is 12.4 Å². The van der Waals surface area contributed by atoms with Crippen molar-refractivity contribution in [1.82, 2.24) is 5.32 Å². The first kappa shape index (κ1) is 19.6. The smallest absolute Gasteiger partial charge is 0.406 e. The maximum atomic E-state index is 10.8. The van der Waals surface area contributed by atoms with Gasteiger partial charge in [0.05, 0.1) is 12.7 Å². The van der Waals surface area contributed by atoms with Gasteiger partial charge < -0.3 is 20.3 Å². The lowest BCUT2D eigenvalue weighted by Gasteiger charge is -2.23. The fourth-order valence-electron chi connectivity index (χ4n) is 2.39. The van der Waals surface area contributed by atoms with Crippen molar-refractivity contribution in [3.05, 3.63) is 64.7 Å². The van der Waals surface area contributed by atoms with E-state index in [9.17, 15) is 15.2 Å². The first-order valence-corrected chi connectivity index (χ1v) is 8.34. The highest BCUT2D eigenvalue weighted by Gasteiger charge is 2.31. The van der Waals surface area contributed by atoms with Crippen LogP contribution in [0.2, 0.25) is 5.02 Å². The van der Waals surface area contributed by atoms with Crippen molar-refractivity contribution in [2.75, 3.05) is 6.61 Å². The number of hydrogen-bond donors (Lipinski definition) is 3. The molecule has 0 heterocycles. The number of amides is 1. The Morgan fingerprint density at radius 3 is 2.50 bits per heavy atom. The van der Waals surface area contributed by atoms with Gasteiger partial charge in [-0.05, 0) is 36.6 Å². The van der Waals surface area contributed by atoms with Crippen LogP contribution in [0.3, 0.4) is 0 Å². The fraction of sp³-hybridized carbons (Fsp3) is 0.263. The van der Waals surface area contributed by atoms with E-state index in [-0.39, 0.29) is 6.42 Å². The SMILES string of the molecule is N#CC(CO)(CCc1ccc(OCc2ccccc2Cl)cc1)NC(=O)O. The maximum absolute atomic E-state index is 10.8. The van der Waals surface area contributed by atoms with Crippen molar-refractivity contribution < 1.29 is 19.7 Å². The Kier molecular flexibility index (Phi) is 6.84. The lowest BCUT2D eigenvalue weighted by Crippen LogP contribution is -2.50. The number of hydrogen-bond acceptors (Lipinski definition) is 4. The highest BCUT2D eigenvalue weighted by Crippen LogP contribution is 2.20. The summed E-state index contributed by atoms with van der Waals surface area (Å²) in [7, 11) is 0. The molecule has 3 N–H and O–H groups in total. The van der Waals surface area contributed by atoms with Crippen LogP contribution in [0.25, 0.3) is 0 Å². The number of aliphatic hydroxyl groups excluding tert-OH is 1. The molecule has 2 aromatic rings. The van der Waals surface area contributed by atoms with Gasteiger partial charge in [0.15, 0.2) is 5.54 Å². The summed E-state index contributed by atoms with van der Waals surface area (Å²) in [4.78, 5) is 10.8. The summed E-state index contributed by atoms with van der Waals surface area (Å²) in [5.41, 5.74) is 0.278. The number of halogens is 1. The highest BCUT2D eigenvalue weighted by molar-refractivity contribution is 6.31. The highest BCUT2D eigenvalue weighted by atomic mass is 35.5. The van der Waals surface area contributed by atoms with Crippen molar-refractivity contribution in [2.24, 2.45) is 0 Å². The Balaban J connectivity index is 1.94. The molecular formula is C19H19ClN2O4. The summed E-state index contributed by atoms with van der Waals surface area (Å²) in [6.07, 6.45) is -0.755. The second-order valence-electron chi connectivity index (χ2n) is 5.81. The second-order valence-corrected chi connectivity index (χ2v) is 6.21. The molecule has 2 aromatic carbocycles. The number of ether oxygens (including phenoxy) is 1. The van der Waals surface area contributed by atoms with Crippen molar-refractivity contribution in [3.8, 4) is 11.8 Å². The lowest BCUT2D eigenvalue weighted by atomic mass is 9.93. The molecule has 26 heavy (non-hydrogen) atoms. The number of benzene rings is 2. The van der Waals surface area contributed by atoms with Crippen LogP contribution in [0, 0.1) is 11.3 Å². The normalized spacial score (nSPS) is 12.7. The summed E-state index contributed by atoms with van der Waals surface area (Å²) < 4.78 is 5.70. The molecular weight excluding hydrogens is 356 g/mol. The largest absolute Gasteiger partial charge is 0.489 e. The van der Waals surface area contributed by atoms with Crippen molar-refractivity contribution in [1.29, 1.82) is 5.26 Å². The Bertz CT molecular complexity index is 789. The van der Waals surface area contributed by atoms with Crippen LogP contribution in [-0.4, -0.2) is 28.5 Å². The van der Waals surface area contributed by atoms with Gasteiger partial charge in [-0.25, -0.2) is 4.79 Å². The molecule has 0 saturated carbocycles. The number of nitriles is 1. The molecule has 1 amide bonds. The topological polar surface area (TPSA) is 103 Å². The molecule has 6 nitrogen and oxygen atoms in total. The van der Waals surface area contributed by atoms with Gasteiger partial charge in [-0.3, -0.25) is 0 Å². The summed E-state index contributed by atoms with van der Waals surface area (Å²) in [5, 5.41) is 30.1. The maximum Gasteiger partial charge on any atom is 0.406 e. The molecule has 0 bridgehead atoms. The van der Waals surface area contributed by atoms with Gasteiger partial charge >= 0.3 is 6.09 Å². The summed E-state index contributed by atoms with van der Waals surface area (Å²) in [5.74, 6) is 0.672. The molecule has 136 valence electrons. The minimum Gasteiger partial charge on any atom is -0.489 e. The number of nitrogens with zero attached hydrogens (tertiary/aromatic N) is 1. The molecule has 0 saturated heterocycles. The number of carbonyl (C=O) groups is 1. The first-order chi connectivity index (χ1) is 12.5. The third-order valence-corrected chi connectivity index (χ3v) is 4.31. The Hall–Kier alpha value is -2.75. The van der Waals surface area contributed by atoms with Gasteiger partial charge in [0.2, 0.25) is 0 Å². The van der Waals surface area contributed by atoms with E-state index >= 15 is 0 Å². The van der Waals surface area contributed by atoms with Crippen molar-refractivity contribution in [3.63, 3.8) is 0 Å². The van der Waals surface area contributed by atoms with E-state index < -0.39 is 18.2 Å². The zero-order valence-electron chi connectivity index (χ0n) is 14.0. The summed E-state index contributed by atoms with van der Waals surface area (Å²) in [6.45, 7) is -0.238. The van der Waals surface area contributed by atoms with Gasteiger partial charge in [0, 0.05) is 10.6 Å². The van der Waals surface area contributed by atoms with Gasteiger partial charge in [-0.15, -0.1) is 0 Å². The van der Waals surface area contributed by atoms with Gasteiger partial charge in [-0.1, -0.05) is 41.9 Å². The van der Waals surface area contributed by atoms with E-state index in [1.807, 2.05) is 36.4 Å². The Morgan fingerprint density at radius 1 is 1.23 bits per heavy atom. The number of aryl methyl sites for hydroxylation is 1. The zero-order valence-corrected chi connectivity index (χ0v) is 14.7. The van der Waals surface area contributed by atoms with Crippen LogP contribution in [0.1, 0.15) is 17.5 Å². The fourth-order valence-corrected chi connectivity index (χ4v) is 2.58. The lowest BCUT2D eigenvalue weighted by molar-refractivity contribution is 0.157. The van der Waals surface area contributed by atoms with E-state index in [0.29, 0.717) is 23.8 Å². The van der Waals surface area contributed by atoms with Crippen LogP contribution in [-0.2, 0) is 13.0 Å². The van der Waals surface area contributed by atoms with E-state index in [0.717, 1.165) is 11.1 Å². The Morgan fingerprint density at radius 2 is 1.92 bits per heavy atom. The minimum absolute atomic E-state index is 0.159. The van der Waals surface area contributed by atoms with E-state index in [2.05, 4.69) is 5.32 Å². The van der Waals surface area contributed by atoms with Gasteiger partial charge in [-0.2, -0.15) is 5.26 Å². The number of carboxylic acid groups (broad SMARTS) is 1. The molecule has 0 aliphatic carbocycles. The molecule has 7 heteroatoms. The molecule has 0 aliphatic heterocycles. The molecule has 2 rings (SSSR count). The third-order valence-electron chi connectivity index (χ3n) is 3.95. The molecule has 1 atom stereocenters. The summed E-state index contributed by atoms with van der Waals surface area (Å²) in [6, 6.07) is 16.5. The third kappa shape index (κ3) is 5.38. The van der Waals surface area contributed by atoms with Crippen LogP contribution in [0.4, 0.5) is 4.79 Å². The average Bonchev–Trinajstić information content (AvgIpc) is 2.65. The molecule has 0 aromatic heterocycles. The predicted molar refractivity (Wildman–Crippen MR) is 97.1 cm³/mol. The number of rotatable bonds is 8. The molecule has 0 aliphatic rings.